The van der Waals surface area contributed by atoms with E-state index in [4.69, 9.17) is 14.0 Å². The molecule has 0 radical (unpaired) electrons. The lowest BCUT2D eigenvalue weighted by Crippen LogP contribution is -2.28. The number of hydrogen-bond acceptors (Lipinski definition) is 9. The van der Waals surface area contributed by atoms with Crippen molar-refractivity contribution in [2.45, 2.75) is 13.3 Å². The fourth-order valence-corrected chi connectivity index (χ4v) is 2.96. The number of nitrogens with one attached hydrogen (secondary N) is 1. The fraction of sp³-hybridized carbons (Fsp3) is 0.333. The van der Waals surface area contributed by atoms with Crippen LogP contribution in [-0.4, -0.2) is 48.1 Å². The number of nitrogens with zero attached hydrogens (tertiary/aromatic N) is 3. The van der Waals surface area contributed by atoms with Gasteiger partial charge in [0.05, 0.1) is 29.7 Å². The molecule has 1 aromatic heterocycles. The first kappa shape index (κ1) is 20.8. The van der Waals surface area contributed by atoms with Crippen molar-refractivity contribution in [3.05, 3.63) is 40.1 Å². The third-order valence-corrected chi connectivity index (χ3v) is 4.36. The van der Waals surface area contributed by atoms with E-state index in [1.807, 2.05) is 0 Å². The molecule has 0 saturated carbocycles. The highest BCUT2D eigenvalue weighted by Gasteiger charge is 2.37. The molecule has 0 spiro atoms. The third-order valence-electron chi connectivity index (χ3n) is 4.36. The van der Waals surface area contributed by atoms with Crippen LogP contribution >= 0.6 is 0 Å². The molecule has 30 heavy (non-hydrogen) atoms. The van der Waals surface area contributed by atoms with Crippen molar-refractivity contribution in [2.24, 2.45) is 5.92 Å². The van der Waals surface area contributed by atoms with Crippen molar-refractivity contribution in [3.63, 3.8) is 0 Å². The molecular weight excluding hydrogens is 400 g/mol. The van der Waals surface area contributed by atoms with Crippen LogP contribution in [0.5, 0.6) is 5.75 Å². The quantitative estimate of drug-likeness (QED) is 0.399. The Bertz CT molecular complexity index is 1000. The molecule has 1 aliphatic heterocycles. The van der Waals surface area contributed by atoms with Crippen molar-refractivity contribution < 1.29 is 33.3 Å². The normalized spacial score (nSPS) is 15.7. The van der Waals surface area contributed by atoms with Crippen LogP contribution in [0.2, 0.25) is 0 Å². The molecule has 0 bridgehead atoms. The number of methoxy groups -OCH3 is 1. The zero-order chi connectivity index (χ0) is 21.8. The monoisotopic (exact) mass is 418 g/mol. The second kappa shape index (κ2) is 8.59. The van der Waals surface area contributed by atoms with Gasteiger partial charge in [0.1, 0.15) is 11.5 Å². The molecule has 1 aromatic carbocycles. The van der Waals surface area contributed by atoms with Crippen LogP contribution in [0, 0.1) is 23.0 Å². The van der Waals surface area contributed by atoms with Crippen LogP contribution in [0.1, 0.15) is 12.2 Å². The van der Waals surface area contributed by atoms with Crippen molar-refractivity contribution in [2.75, 3.05) is 30.5 Å². The Morgan fingerprint density at radius 1 is 1.40 bits per heavy atom. The van der Waals surface area contributed by atoms with Gasteiger partial charge in [0.2, 0.25) is 5.91 Å². The second-order valence-corrected chi connectivity index (χ2v) is 6.50. The molecule has 2 aromatic rings. The van der Waals surface area contributed by atoms with E-state index >= 15 is 0 Å². The van der Waals surface area contributed by atoms with Crippen LogP contribution in [0.15, 0.2) is 28.8 Å². The van der Waals surface area contributed by atoms with Gasteiger partial charge in [0.15, 0.2) is 12.4 Å². The summed E-state index contributed by atoms with van der Waals surface area (Å²) in [5.74, 6) is -1.64. The molecule has 158 valence electrons. The molecule has 2 amide bonds. The van der Waals surface area contributed by atoms with Gasteiger partial charge in [-0.15, -0.1) is 0 Å². The Balaban J connectivity index is 1.60. The molecule has 1 aliphatic rings. The lowest BCUT2D eigenvalue weighted by molar-refractivity contribution is -0.384. The van der Waals surface area contributed by atoms with Crippen molar-refractivity contribution in [1.29, 1.82) is 0 Å². The van der Waals surface area contributed by atoms with Crippen molar-refractivity contribution in [3.8, 4) is 5.75 Å². The van der Waals surface area contributed by atoms with Crippen LogP contribution in [0.4, 0.5) is 17.2 Å². The standard InChI is InChI=1S/C18H18N4O8/c1-10-5-15(20-30-10)19-16(23)9-29-18(25)11-6-17(24)21(8-11)13-4-3-12(22(26)27)7-14(13)28-2/h3-5,7,11H,6,8-9H2,1-2H3,(H,19,20,23)/t11-/m0/s1. The van der Waals surface area contributed by atoms with E-state index in [0.717, 1.165) is 0 Å². The number of ether oxygens (including phenoxy) is 2. The first-order valence-corrected chi connectivity index (χ1v) is 8.81. The largest absolute Gasteiger partial charge is 0.494 e. The van der Waals surface area contributed by atoms with Crippen LogP contribution in [-0.2, 0) is 19.1 Å². The van der Waals surface area contributed by atoms with Crippen LogP contribution < -0.4 is 15.0 Å². The van der Waals surface area contributed by atoms with Crippen molar-refractivity contribution in [1.82, 2.24) is 5.16 Å². The van der Waals surface area contributed by atoms with Crippen molar-refractivity contribution >= 4 is 35.0 Å². The summed E-state index contributed by atoms with van der Waals surface area (Å²) in [5, 5.41) is 16.9. The van der Waals surface area contributed by atoms with Crippen LogP contribution in [0.25, 0.3) is 0 Å². The van der Waals surface area contributed by atoms with Gasteiger partial charge in [0.25, 0.3) is 11.6 Å². The Labute approximate surface area is 169 Å². The molecule has 3 rings (SSSR count). The minimum atomic E-state index is -0.792. The molecule has 1 N–H and O–H groups in total. The summed E-state index contributed by atoms with van der Waals surface area (Å²) in [7, 11) is 1.32. The number of rotatable bonds is 7. The number of anilines is 2. The average molecular weight is 418 g/mol. The summed E-state index contributed by atoms with van der Waals surface area (Å²) in [4.78, 5) is 48.2. The molecule has 1 saturated heterocycles. The number of nitro groups is 1. The molecule has 12 nitrogen and oxygen atoms in total. The summed E-state index contributed by atoms with van der Waals surface area (Å²) < 4.78 is 15.0. The maximum absolute atomic E-state index is 12.4. The number of nitro benzene ring substituents is 1. The zero-order valence-electron chi connectivity index (χ0n) is 16.1. The highest BCUT2D eigenvalue weighted by molar-refractivity contribution is 6.01. The predicted octanol–water partition coefficient (Wildman–Crippen LogP) is 1.43. The van der Waals surface area contributed by atoms with E-state index in [1.54, 1.807) is 6.92 Å². The number of benzene rings is 1. The number of carbonyl (C=O) groups is 3. The van der Waals surface area contributed by atoms with Gasteiger partial charge in [-0.3, -0.25) is 24.5 Å². The van der Waals surface area contributed by atoms with Gasteiger partial charge in [-0.25, -0.2) is 0 Å². The Morgan fingerprint density at radius 3 is 2.80 bits per heavy atom. The SMILES string of the molecule is COc1cc([N+](=O)[O-])ccc1N1C[C@@H](C(=O)OCC(=O)Nc2cc(C)on2)CC1=O. The van der Waals surface area contributed by atoms with Gasteiger partial charge in [-0.1, -0.05) is 5.16 Å². The van der Waals surface area contributed by atoms with Gasteiger partial charge in [-0.05, 0) is 13.0 Å². The van der Waals surface area contributed by atoms with E-state index in [-0.39, 0.29) is 36.1 Å². The molecule has 1 atom stereocenters. The zero-order valence-corrected chi connectivity index (χ0v) is 16.1. The predicted molar refractivity (Wildman–Crippen MR) is 101 cm³/mol. The average Bonchev–Trinajstić information content (AvgIpc) is 3.30. The molecule has 1 fully saturated rings. The van der Waals surface area contributed by atoms with Crippen LogP contribution in [0.3, 0.4) is 0 Å². The summed E-state index contributed by atoms with van der Waals surface area (Å²) in [6.45, 7) is 1.11. The summed E-state index contributed by atoms with van der Waals surface area (Å²) in [5.41, 5.74) is 0.120. The molecule has 12 heteroatoms. The molecule has 0 unspecified atom stereocenters. The highest BCUT2D eigenvalue weighted by Crippen LogP contribution is 2.35. The van der Waals surface area contributed by atoms with E-state index < -0.39 is 29.3 Å². The number of aryl methyl sites for hydroxylation is 1. The number of non-ortho nitro benzene ring substituents is 1. The van der Waals surface area contributed by atoms with Gasteiger partial charge in [-0.2, -0.15) is 0 Å². The lowest BCUT2D eigenvalue weighted by atomic mass is 10.1. The van der Waals surface area contributed by atoms with Gasteiger partial charge < -0.3 is 24.2 Å². The number of aromatic nitrogens is 1. The lowest BCUT2D eigenvalue weighted by Gasteiger charge is -2.19. The number of hydrogen-bond donors (Lipinski definition) is 1. The smallest absolute Gasteiger partial charge is 0.311 e. The highest BCUT2D eigenvalue weighted by atomic mass is 16.6. The second-order valence-electron chi connectivity index (χ2n) is 6.50. The van der Waals surface area contributed by atoms with E-state index in [0.29, 0.717) is 11.4 Å². The van der Waals surface area contributed by atoms with Gasteiger partial charge >= 0.3 is 5.97 Å². The Kier molecular flexibility index (Phi) is 5.95. The molecule has 0 aliphatic carbocycles. The Hall–Kier alpha value is -3.96. The van der Waals surface area contributed by atoms with E-state index in [2.05, 4.69) is 10.5 Å². The maximum Gasteiger partial charge on any atom is 0.311 e. The first-order valence-electron chi connectivity index (χ1n) is 8.81. The number of esters is 1. The fourth-order valence-electron chi connectivity index (χ4n) is 2.96. The summed E-state index contributed by atoms with van der Waals surface area (Å²) >= 11 is 0. The minimum absolute atomic E-state index is 0.00403. The third kappa shape index (κ3) is 4.54. The van der Waals surface area contributed by atoms with E-state index in [9.17, 15) is 24.5 Å². The summed E-state index contributed by atoms with van der Waals surface area (Å²) in [6, 6.07) is 5.33. The topological polar surface area (TPSA) is 154 Å². The molecule has 2 heterocycles. The number of carbonyl (C=O) groups excluding carboxylic acids is 3. The summed E-state index contributed by atoms with van der Waals surface area (Å²) in [6.07, 6.45) is -0.122. The Morgan fingerprint density at radius 2 is 2.17 bits per heavy atom. The van der Waals surface area contributed by atoms with Gasteiger partial charge in [0, 0.05) is 25.1 Å². The molecular formula is C18H18N4O8. The van der Waals surface area contributed by atoms with E-state index in [1.165, 1.54) is 36.3 Å². The minimum Gasteiger partial charge on any atom is -0.494 e. The maximum atomic E-state index is 12.4. The number of amides is 2. The first-order chi connectivity index (χ1) is 14.3.